The number of esters is 1. The summed E-state index contributed by atoms with van der Waals surface area (Å²) in [5, 5.41) is 0. The van der Waals surface area contributed by atoms with Crippen molar-refractivity contribution in [2.75, 3.05) is 0 Å². The first-order valence-corrected chi connectivity index (χ1v) is 2.81. The lowest BCUT2D eigenvalue weighted by molar-refractivity contribution is -0.200. The Morgan fingerprint density at radius 1 is 1.60 bits per heavy atom. The van der Waals surface area contributed by atoms with Crippen molar-refractivity contribution in [1.29, 1.82) is 0 Å². The van der Waals surface area contributed by atoms with Crippen LogP contribution in [0.1, 0.15) is 6.92 Å². The number of ether oxygens (including phenoxy) is 1. The number of halogens is 3. The predicted molar refractivity (Wildman–Crippen MR) is 30.6 cm³/mol. The maximum atomic E-state index is 11.3. The minimum absolute atomic E-state index is 1.03. The maximum absolute atomic E-state index is 11.3. The van der Waals surface area contributed by atoms with Gasteiger partial charge < -0.3 is 4.74 Å². The summed E-state index contributed by atoms with van der Waals surface area (Å²) < 4.78 is 37.6. The summed E-state index contributed by atoms with van der Waals surface area (Å²) >= 11 is 3.43. The topological polar surface area (TPSA) is 26.3 Å². The molecule has 0 aliphatic carbocycles. The van der Waals surface area contributed by atoms with Gasteiger partial charge in [-0.3, -0.25) is 0 Å². The van der Waals surface area contributed by atoms with E-state index in [4.69, 9.17) is 0 Å². The van der Waals surface area contributed by atoms with Gasteiger partial charge >= 0.3 is 12.1 Å². The number of hydrogen-bond acceptors (Lipinski definition) is 3. The van der Waals surface area contributed by atoms with Gasteiger partial charge in [-0.25, -0.2) is 4.79 Å². The molecule has 10 heavy (non-hydrogen) atoms. The third kappa shape index (κ3) is 3.60. The number of carbonyl (C=O) groups is 1. The van der Waals surface area contributed by atoms with E-state index < -0.39 is 17.6 Å². The van der Waals surface area contributed by atoms with Gasteiger partial charge in [-0.1, -0.05) is 0 Å². The van der Waals surface area contributed by atoms with Crippen molar-refractivity contribution < 1.29 is 22.7 Å². The number of carbonyl (C=O) groups excluding carboxylic acids is 1. The molecule has 0 bridgehead atoms. The second kappa shape index (κ2) is 3.14. The molecule has 1 atom stereocenters. The SMILES string of the molecule is CC(S)OC(=O)C(F)(F)F. The van der Waals surface area contributed by atoms with Crippen LogP contribution in [0.15, 0.2) is 0 Å². The Morgan fingerprint density at radius 2 is 2.00 bits per heavy atom. The molecule has 0 aromatic carbocycles. The van der Waals surface area contributed by atoms with E-state index in [-0.39, 0.29) is 0 Å². The van der Waals surface area contributed by atoms with Crippen LogP contribution in [0.2, 0.25) is 0 Å². The average Bonchev–Trinajstić information content (AvgIpc) is 1.60. The quantitative estimate of drug-likeness (QED) is 0.369. The van der Waals surface area contributed by atoms with Gasteiger partial charge in [0.2, 0.25) is 0 Å². The van der Waals surface area contributed by atoms with E-state index in [0.29, 0.717) is 0 Å². The van der Waals surface area contributed by atoms with Crippen LogP contribution in [0, 0.1) is 0 Å². The molecule has 60 valence electrons. The zero-order chi connectivity index (χ0) is 8.36. The largest absolute Gasteiger partial charge is 0.490 e. The first kappa shape index (κ1) is 9.61. The molecule has 2 nitrogen and oxygen atoms in total. The van der Waals surface area contributed by atoms with Crippen LogP contribution in [0.25, 0.3) is 0 Å². The van der Waals surface area contributed by atoms with E-state index >= 15 is 0 Å². The highest BCUT2D eigenvalue weighted by molar-refractivity contribution is 7.80. The monoisotopic (exact) mass is 174 g/mol. The van der Waals surface area contributed by atoms with E-state index in [0.717, 1.165) is 0 Å². The number of rotatable bonds is 1. The fourth-order valence-corrected chi connectivity index (χ4v) is 0.317. The number of hydrogen-bond donors (Lipinski definition) is 1. The molecular weight excluding hydrogens is 169 g/mol. The van der Waals surface area contributed by atoms with Crippen LogP contribution in [-0.4, -0.2) is 17.6 Å². The van der Waals surface area contributed by atoms with Crippen LogP contribution in [0.5, 0.6) is 0 Å². The molecule has 0 aliphatic rings. The Morgan fingerprint density at radius 3 is 2.10 bits per heavy atom. The van der Waals surface area contributed by atoms with Gasteiger partial charge in [0.1, 0.15) is 5.44 Å². The van der Waals surface area contributed by atoms with Gasteiger partial charge in [0.15, 0.2) is 0 Å². The molecule has 0 amide bonds. The third-order valence-corrected chi connectivity index (χ3v) is 0.614. The van der Waals surface area contributed by atoms with E-state index in [1.165, 1.54) is 6.92 Å². The van der Waals surface area contributed by atoms with Gasteiger partial charge in [-0.2, -0.15) is 13.2 Å². The highest BCUT2D eigenvalue weighted by atomic mass is 32.1. The minimum Gasteiger partial charge on any atom is -0.445 e. The number of alkyl halides is 3. The Balaban J connectivity index is 3.87. The van der Waals surface area contributed by atoms with Crippen LogP contribution in [-0.2, 0) is 9.53 Å². The third-order valence-electron chi connectivity index (χ3n) is 0.509. The molecular formula is C4H5F3O2S. The molecule has 0 aliphatic heterocycles. The molecule has 0 aromatic rings. The lowest BCUT2D eigenvalue weighted by atomic mass is 10.6. The molecule has 0 fully saturated rings. The molecule has 0 spiro atoms. The Labute approximate surface area is 60.8 Å². The highest BCUT2D eigenvalue weighted by Crippen LogP contribution is 2.17. The van der Waals surface area contributed by atoms with E-state index in [9.17, 15) is 18.0 Å². The molecule has 0 N–H and O–H groups in total. The zero-order valence-corrected chi connectivity index (χ0v) is 5.87. The molecule has 0 saturated heterocycles. The van der Waals surface area contributed by atoms with Gasteiger partial charge in [-0.05, 0) is 6.92 Å². The van der Waals surface area contributed by atoms with Crippen molar-refractivity contribution in [2.24, 2.45) is 0 Å². The highest BCUT2D eigenvalue weighted by Gasteiger charge is 2.41. The van der Waals surface area contributed by atoms with Gasteiger partial charge in [0, 0.05) is 0 Å². The zero-order valence-electron chi connectivity index (χ0n) is 4.97. The first-order valence-electron chi connectivity index (χ1n) is 2.30. The smallest absolute Gasteiger partial charge is 0.445 e. The van der Waals surface area contributed by atoms with Crippen molar-refractivity contribution in [2.45, 2.75) is 18.5 Å². The predicted octanol–water partition coefficient (Wildman–Crippen LogP) is 1.37. The van der Waals surface area contributed by atoms with Crippen molar-refractivity contribution in [1.82, 2.24) is 0 Å². The van der Waals surface area contributed by atoms with Crippen molar-refractivity contribution >= 4 is 18.6 Å². The maximum Gasteiger partial charge on any atom is 0.490 e. The standard InChI is InChI=1S/C4H5F3O2S/c1-2(10)9-3(8)4(5,6)7/h2,10H,1H3. The van der Waals surface area contributed by atoms with Gasteiger partial charge in [0.05, 0.1) is 0 Å². The van der Waals surface area contributed by atoms with Gasteiger partial charge in [0.25, 0.3) is 0 Å². The second-order valence-corrected chi connectivity index (χ2v) is 2.23. The molecule has 6 heteroatoms. The average molecular weight is 174 g/mol. The minimum atomic E-state index is -4.92. The van der Waals surface area contributed by atoms with Crippen LogP contribution in [0.4, 0.5) is 13.2 Å². The fraction of sp³-hybridized carbons (Fsp3) is 0.750. The van der Waals surface area contributed by atoms with Crippen LogP contribution < -0.4 is 0 Å². The first-order chi connectivity index (χ1) is 4.34. The van der Waals surface area contributed by atoms with Crippen molar-refractivity contribution in [3.8, 4) is 0 Å². The second-order valence-electron chi connectivity index (χ2n) is 1.50. The normalized spacial score (nSPS) is 14.5. The molecule has 1 unspecified atom stereocenters. The lowest BCUT2D eigenvalue weighted by Crippen LogP contribution is -2.27. The Hall–Kier alpha value is -0.390. The summed E-state index contributed by atoms with van der Waals surface area (Å²) in [4.78, 5) is 9.88. The molecule has 0 aromatic heterocycles. The summed E-state index contributed by atoms with van der Waals surface area (Å²) in [6.07, 6.45) is -4.92. The van der Waals surface area contributed by atoms with Gasteiger partial charge in [-0.15, -0.1) is 12.6 Å². The van der Waals surface area contributed by atoms with E-state index in [1.807, 2.05) is 0 Å². The van der Waals surface area contributed by atoms with E-state index in [2.05, 4.69) is 17.4 Å². The Bertz CT molecular complexity index is 131. The van der Waals surface area contributed by atoms with Crippen LogP contribution >= 0.6 is 12.6 Å². The van der Waals surface area contributed by atoms with Crippen molar-refractivity contribution in [3.63, 3.8) is 0 Å². The summed E-state index contributed by atoms with van der Waals surface area (Å²) in [6, 6.07) is 0. The molecule has 0 rings (SSSR count). The number of thiol groups is 1. The Kier molecular flexibility index (Phi) is 3.01. The summed E-state index contributed by atoms with van der Waals surface area (Å²) in [7, 11) is 0. The molecule has 0 heterocycles. The fourth-order valence-electron chi connectivity index (χ4n) is 0.222. The molecule has 0 radical (unpaired) electrons. The van der Waals surface area contributed by atoms with E-state index in [1.54, 1.807) is 0 Å². The summed E-state index contributed by atoms with van der Waals surface area (Å²) in [6.45, 7) is 1.22. The van der Waals surface area contributed by atoms with Crippen molar-refractivity contribution in [3.05, 3.63) is 0 Å². The summed E-state index contributed by atoms with van der Waals surface area (Å²) in [5.74, 6) is -2.21. The lowest BCUT2D eigenvalue weighted by Gasteiger charge is -2.08. The molecule has 0 saturated carbocycles. The van der Waals surface area contributed by atoms with Crippen LogP contribution in [0.3, 0.4) is 0 Å². The summed E-state index contributed by atoms with van der Waals surface area (Å²) in [5.41, 5.74) is -1.03.